The van der Waals surface area contributed by atoms with Crippen molar-refractivity contribution in [1.82, 2.24) is 30.0 Å². The van der Waals surface area contributed by atoms with Crippen LogP contribution in [0.5, 0.6) is 11.5 Å². The van der Waals surface area contributed by atoms with Crippen LogP contribution < -0.4 is 15.8 Å². The first-order chi connectivity index (χ1) is 20.7. The molecule has 4 aromatic rings. The molecule has 13 heteroatoms. The number of likely N-dealkylation sites (N-methyl/N-ethyl adjacent to an activating group) is 1. The van der Waals surface area contributed by atoms with Crippen molar-refractivity contribution in [2.24, 2.45) is 0 Å². The van der Waals surface area contributed by atoms with Crippen LogP contribution in [-0.4, -0.2) is 55.7 Å². The molecule has 1 saturated heterocycles. The molecular weight excluding hydrogens is 561 g/mol. The second-order valence-corrected chi connectivity index (χ2v) is 10.7. The number of aromatic nitrogens is 4. The molecule has 43 heavy (non-hydrogen) atoms. The van der Waals surface area contributed by atoms with E-state index in [4.69, 9.17) is 10.5 Å². The number of nitriles is 1. The van der Waals surface area contributed by atoms with Gasteiger partial charge in [-0.25, -0.2) is 23.4 Å². The lowest BCUT2D eigenvalue weighted by Gasteiger charge is -2.25. The van der Waals surface area contributed by atoms with Crippen molar-refractivity contribution in [3.05, 3.63) is 71.8 Å². The van der Waals surface area contributed by atoms with Crippen LogP contribution in [0, 0.1) is 28.8 Å². The molecule has 220 valence electrons. The highest BCUT2D eigenvalue weighted by Gasteiger charge is 2.41. The minimum atomic E-state index is -1.19. The monoisotopic (exact) mass is 588 g/mol. The summed E-state index contributed by atoms with van der Waals surface area (Å²) in [5.74, 6) is -3.71. The van der Waals surface area contributed by atoms with Crippen LogP contribution in [0.1, 0.15) is 25.7 Å². The Morgan fingerprint density at radius 2 is 2.05 bits per heavy atom. The number of rotatable bonds is 8. The number of likely N-dealkylation sites (tertiary alicyclic amines) is 1. The number of amides is 1. The Morgan fingerprint density at radius 1 is 1.23 bits per heavy atom. The summed E-state index contributed by atoms with van der Waals surface area (Å²) in [6, 6.07) is 9.07. The second kappa shape index (κ2) is 11.0. The van der Waals surface area contributed by atoms with Gasteiger partial charge in [0.2, 0.25) is 5.82 Å². The van der Waals surface area contributed by atoms with Gasteiger partial charge in [-0.15, -0.1) is 0 Å². The lowest BCUT2D eigenvalue weighted by molar-refractivity contribution is -0.127. The Kier molecular flexibility index (Phi) is 7.23. The van der Waals surface area contributed by atoms with Crippen molar-refractivity contribution in [1.29, 1.82) is 5.26 Å². The van der Waals surface area contributed by atoms with Crippen LogP contribution in [0.25, 0.3) is 22.3 Å². The number of carbonyl (C=O) groups is 1. The summed E-state index contributed by atoms with van der Waals surface area (Å²) >= 11 is 0. The molecular formula is C30H27F3N8O2. The molecule has 1 amide bonds. The van der Waals surface area contributed by atoms with Crippen molar-refractivity contribution < 1.29 is 22.7 Å². The Balaban J connectivity index is 1.31. The maximum Gasteiger partial charge on any atom is 0.264 e. The van der Waals surface area contributed by atoms with E-state index < -0.39 is 17.5 Å². The zero-order chi connectivity index (χ0) is 30.3. The Bertz CT molecular complexity index is 1810. The third-order valence-electron chi connectivity index (χ3n) is 7.98. The zero-order valence-corrected chi connectivity index (χ0v) is 23.1. The molecule has 6 rings (SSSR count). The Morgan fingerprint density at radius 3 is 2.77 bits per heavy atom. The van der Waals surface area contributed by atoms with E-state index in [2.05, 4.69) is 26.5 Å². The number of halogens is 3. The van der Waals surface area contributed by atoms with E-state index >= 15 is 4.39 Å². The molecule has 2 aromatic carbocycles. The molecule has 2 aromatic heterocycles. The molecule has 3 heterocycles. The number of fused-ring (bicyclic) bond motifs is 1. The molecule has 1 atom stereocenters. The van der Waals surface area contributed by atoms with Crippen LogP contribution in [0.2, 0.25) is 0 Å². The predicted molar refractivity (Wildman–Crippen MR) is 151 cm³/mol. The summed E-state index contributed by atoms with van der Waals surface area (Å²) in [5.41, 5.74) is 6.57. The Hall–Kier alpha value is -4.96. The van der Waals surface area contributed by atoms with E-state index in [-0.39, 0.29) is 58.2 Å². The smallest absolute Gasteiger partial charge is 0.264 e. The SMILES string of the molecule is CNC1(C=C(C#N)C(=O)N2CCCC2Cn2nc(-c3ccc(Oc4cccc(F)c4F)cc3F)c3c(N)ncnc32)CC1. The van der Waals surface area contributed by atoms with Crippen molar-refractivity contribution in [3.63, 3.8) is 0 Å². The van der Waals surface area contributed by atoms with Gasteiger partial charge in [-0.2, -0.15) is 14.8 Å². The third-order valence-corrected chi connectivity index (χ3v) is 7.98. The molecule has 0 bridgehead atoms. The number of anilines is 1. The van der Waals surface area contributed by atoms with Crippen molar-refractivity contribution in [3.8, 4) is 28.8 Å². The molecule has 2 aliphatic rings. The summed E-state index contributed by atoms with van der Waals surface area (Å²) in [4.78, 5) is 23.5. The Labute approximate surface area is 244 Å². The highest BCUT2D eigenvalue weighted by Crippen LogP contribution is 2.38. The standard InChI is InChI=1S/C30H27F3N8O2/c1-36-30(9-10-30)13-17(14-34)29(42)40-11-3-4-18(40)15-41-28-24(27(35)37-16-38-28)26(39-41)20-8-7-19(12-22(20)32)43-23-6-2-5-21(31)25(23)33/h2,5-8,12-13,16,18,36H,3-4,9-11,15H2,1H3,(H2,35,37,38). The maximum absolute atomic E-state index is 15.5. The van der Waals surface area contributed by atoms with Crippen molar-refractivity contribution >= 4 is 22.8 Å². The normalized spacial score (nSPS) is 17.7. The number of nitrogen functional groups attached to an aromatic ring is 1. The van der Waals surface area contributed by atoms with Crippen LogP contribution in [0.3, 0.4) is 0 Å². The van der Waals surface area contributed by atoms with E-state index in [9.17, 15) is 18.8 Å². The van der Waals surface area contributed by atoms with Gasteiger partial charge in [-0.3, -0.25) is 4.79 Å². The van der Waals surface area contributed by atoms with Gasteiger partial charge in [-0.05, 0) is 63.1 Å². The van der Waals surface area contributed by atoms with Gasteiger partial charge >= 0.3 is 0 Å². The quantitative estimate of drug-likeness (QED) is 0.227. The molecule has 0 spiro atoms. The fourth-order valence-corrected chi connectivity index (χ4v) is 5.45. The van der Waals surface area contributed by atoms with Gasteiger partial charge in [0.15, 0.2) is 17.2 Å². The molecule has 3 N–H and O–H groups in total. The summed E-state index contributed by atoms with van der Waals surface area (Å²) in [5, 5.41) is 17.9. The van der Waals surface area contributed by atoms with E-state index in [1.165, 1.54) is 30.6 Å². The first-order valence-corrected chi connectivity index (χ1v) is 13.7. The maximum atomic E-state index is 15.5. The van der Waals surface area contributed by atoms with Crippen LogP contribution in [-0.2, 0) is 11.3 Å². The van der Waals surface area contributed by atoms with Crippen molar-refractivity contribution in [2.75, 3.05) is 19.3 Å². The summed E-state index contributed by atoms with van der Waals surface area (Å²) in [7, 11) is 1.81. The minimum absolute atomic E-state index is 0.0496. The number of hydrogen-bond donors (Lipinski definition) is 2. The topological polar surface area (TPSA) is 135 Å². The largest absolute Gasteiger partial charge is 0.454 e. The van der Waals surface area contributed by atoms with Crippen molar-refractivity contribution in [2.45, 2.75) is 43.8 Å². The number of nitrogens with one attached hydrogen (secondary N) is 1. The minimum Gasteiger partial charge on any atom is -0.454 e. The first kappa shape index (κ1) is 28.2. The average molecular weight is 589 g/mol. The van der Waals surface area contributed by atoms with E-state index in [1.54, 1.807) is 15.7 Å². The van der Waals surface area contributed by atoms with Gasteiger partial charge in [0.25, 0.3) is 5.91 Å². The van der Waals surface area contributed by atoms with Gasteiger partial charge in [-0.1, -0.05) is 6.07 Å². The highest BCUT2D eigenvalue weighted by atomic mass is 19.2. The number of carbonyl (C=O) groups excluding carboxylic acids is 1. The van der Waals surface area contributed by atoms with E-state index in [0.29, 0.717) is 24.0 Å². The molecule has 1 aliphatic heterocycles. The van der Waals surface area contributed by atoms with Crippen LogP contribution in [0.15, 0.2) is 54.4 Å². The van der Waals surface area contributed by atoms with E-state index in [0.717, 1.165) is 31.4 Å². The predicted octanol–water partition coefficient (Wildman–Crippen LogP) is 4.48. The van der Waals surface area contributed by atoms with Gasteiger partial charge in [0.1, 0.15) is 41.0 Å². The molecule has 1 unspecified atom stereocenters. The number of ether oxygens (including phenoxy) is 1. The number of benzene rings is 2. The number of nitrogens with zero attached hydrogens (tertiary/aromatic N) is 6. The van der Waals surface area contributed by atoms with Crippen LogP contribution >= 0.6 is 0 Å². The highest BCUT2D eigenvalue weighted by molar-refractivity contribution is 5.99. The fraction of sp³-hybridized carbons (Fsp3) is 0.300. The first-order valence-electron chi connectivity index (χ1n) is 13.7. The lowest BCUT2D eigenvalue weighted by Crippen LogP contribution is -2.39. The molecule has 1 saturated carbocycles. The summed E-state index contributed by atoms with van der Waals surface area (Å²) in [6.45, 7) is 0.719. The number of hydrogen-bond acceptors (Lipinski definition) is 8. The zero-order valence-electron chi connectivity index (χ0n) is 23.1. The summed E-state index contributed by atoms with van der Waals surface area (Å²) < 4.78 is 50.1. The lowest BCUT2D eigenvalue weighted by atomic mass is 10.1. The molecule has 10 nitrogen and oxygen atoms in total. The molecule has 2 fully saturated rings. The summed E-state index contributed by atoms with van der Waals surface area (Å²) in [6.07, 6.45) is 6.15. The second-order valence-electron chi connectivity index (χ2n) is 10.7. The fourth-order valence-electron chi connectivity index (χ4n) is 5.45. The molecule has 0 radical (unpaired) electrons. The van der Waals surface area contributed by atoms with Gasteiger partial charge < -0.3 is 20.7 Å². The van der Waals surface area contributed by atoms with Crippen LogP contribution in [0.4, 0.5) is 19.0 Å². The third kappa shape index (κ3) is 5.25. The molecule has 1 aliphatic carbocycles. The van der Waals surface area contributed by atoms with Gasteiger partial charge in [0.05, 0.1) is 18.0 Å². The van der Waals surface area contributed by atoms with E-state index in [1.807, 2.05) is 7.05 Å². The average Bonchev–Trinajstić information content (AvgIpc) is 3.46. The number of nitrogens with two attached hydrogens (primary N) is 1. The van der Waals surface area contributed by atoms with Gasteiger partial charge in [0, 0.05) is 23.7 Å².